The Hall–Kier alpha value is -1.50. The second kappa shape index (κ2) is 6.50. The molecule has 1 saturated heterocycles. The van der Waals surface area contributed by atoms with Gasteiger partial charge >= 0.3 is 7.82 Å². The SMILES string of the molecule is [2H]C([2H])([2H])OC1(c2ccc(C#N)c(OP(=O)(O)O)c2)OOC12C1CC3CC2CC(OC)(C3)C1. The van der Waals surface area contributed by atoms with Crippen molar-refractivity contribution in [2.75, 3.05) is 14.1 Å². The number of methoxy groups -OCH3 is 2. The first-order chi connectivity index (χ1) is 15.4. The summed E-state index contributed by atoms with van der Waals surface area (Å²) in [5.74, 6) is -2.11. The van der Waals surface area contributed by atoms with E-state index in [1.54, 1.807) is 7.11 Å². The zero-order valence-electron chi connectivity index (χ0n) is 19.2. The smallest absolute Gasteiger partial charge is 0.403 e. The second-order valence-electron chi connectivity index (χ2n) is 8.81. The molecule has 9 nitrogen and oxygen atoms in total. The zero-order valence-corrected chi connectivity index (χ0v) is 17.1. The molecular formula is C20H24NO8P. The minimum absolute atomic E-state index is 0.124. The van der Waals surface area contributed by atoms with Crippen LogP contribution in [0.15, 0.2) is 18.2 Å². The predicted octanol–water partition coefficient (Wildman–Crippen LogP) is 2.75. The standard InChI is InChI=1S/C20H24NO8P/c1-25-18-8-12-5-15(9-18)19(16(6-12)10-18)20(26-2,29-28-19)14-4-3-13(11-21)17(7-14)27-30(22,23)24/h3-4,7,12,15-16H,5-6,8-10H2,1-2H3,(H2,22,23,24)/i2D3. The molecule has 3 unspecified atom stereocenters. The Bertz CT molecular complexity index is 1050. The first-order valence-corrected chi connectivity index (χ1v) is 11.3. The quantitative estimate of drug-likeness (QED) is 0.525. The average Bonchev–Trinajstić information content (AvgIpc) is 2.69. The largest absolute Gasteiger partial charge is 0.524 e. The predicted molar refractivity (Wildman–Crippen MR) is 101 cm³/mol. The normalized spacial score (nSPS) is 43.4. The van der Waals surface area contributed by atoms with Crippen molar-refractivity contribution in [1.82, 2.24) is 0 Å². The number of hydrogen-bond donors (Lipinski definition) is 2. The van der Waals surface area contributed by atoms with Crippen molar-refractivity contribution in [2.45, 2.75) is 49.1 Å². The van der Waals surface area contributed by atoms with E-state index in [0.29, 0.717) is 18.8 Å². The van der Waals surface area contributed by atoms with E-state index in [-0.39, 0.29) is 28.6 Å². The zero-order chi connectivity index (χ0) is 23.9. The number of nitriles is 1. The van der Waals surface area contributed by atoms with Crippen molar-refractivity contribution in [1.29, 1.82) is 5.26 Å². The van der Waals surface area contributed by atoms with E-state index in [9.17, 15) is 19.6 Å². The lowest BCUT2D eigenvalue weighted by atomic mass is 9.45. The molecule has 1 aliphatic heterocycles. The second-order valence-corrected chi connectivity index (χ2v) is 9.98. The van der Waals surface area contributed by atoms with E-state index in [0.717, 1.165) is 19.3 Å². The van der Waals surface area contributed by atoms with Gasteiger partial charge in [0, 0.05) is 31.5 Å². The molecule has 0 amide bonds. The van der Waals surface area contributed by atoms with Gasteiger partial charge in [0.1, 0.15) is 11.8 Å². The summed E-state index contributed by atoms with van der Waals surface area (Å²) in [6.45, 7) is 0. The summed E-state index contributed by atoms with van der Waals surface area (Å²) in [6.07, 6.45) is 3.82. The highest BCUT2D eigenvalue weighted by atomic mass is 31.2. The fraction of sp³-hybridized carbons (Fsp3) is 0.650. The van der Waals surface area contributed by atoms with Gasteiger partial charge in [-0.05, 0) is 50.2 Å². The van der Waals surface area contributed by atoms with Crippen molar-refractivity contribution in [3.63, 3.8) is 0 Å². The summed E-state index contributed by atoms with van der Waals surface area (Å²) < 4.78 is 51.2. The molecule has 2 N–H and O–H groups in total. The summed E-state index contributed by atoms with van der Waals surface area (Å²) in [5, 5.41) is 9.36. The Morgan fingerprint density at radius 2 is 1.97 bits per heavy atom. The number of phosphoric acid groups is 1. The molecule has 0 aromatic heterocycles. The molecule has 6 rings (SSSR count). The van der Waals surface area contributed by atoms with Crippen LogP contribution in [0, 0.1) is 29.1 Å². The average molecular weight is 440 g/mol. The van der Waals surface area contributed by atoms with Crippen LogP contribution in [0.25, 0.3) is 0 Å². The molecule has 5 fully saturated rings. The van der Waals surface area contributed by atoms with Crippen LogP contribution in [0.1, 0.15) is 47.3 Å². The van der Waals surface area contributed by atoms with E-state index in [1.807, 2.05) is 6.07 Å². The Morgan fingerprint density at radius 1 is 1.23 bits per heavy atom. The van der Waals surface area contributed by atoms with Crippen LogP contribution in [0.2, 0.25) is 0 Å². The molecule has 4 bridgehead atoms. The minimum Gasteiger partial charge on any atom is -0.403 e. The molecule has 4 aliphatic carbocycles. The van der Waals surface area contributed by atoms with Crippen LogP contribution < -0.4 is 4.52 Å². The minimum atomic E-state index is -5.00. The summed E-state index contributed by atoms with van der Waals surface area (Å²) >= 11 is 0. The van der Waals surface area contributed by atoms with Crippen LogP contribution in [0.3, 0.4) is 0 Å². The fourth-order valence-electron chi connectivity index (χ4n) is 6.48. The number of rotatable bonds is 5. The van der Waals surface area contributed by atoms with Gasteiger partial charge < -0.3 is 14.0 Å². The van der Waals surface area contributed by atoms with E-state index in [1.165, 1.54) is 18.2 Å². The molecule has 1 aromatic carbocycles. The molecule has 10 heteroatoms. The van der Waals surface area contributed by atoms with Crippen LogP contribution >= 0.6 is 7.82 Å². The van der Waals surface area contributed by atoms with E-state index in [2.05, 4.69) is 0 Å². The highest BCUT2D eigenvalue weighted by Gasteiger charge is 2.78. The van der Waals surface area contributed by atoms with Gasteiger partial charge in [-0.15, -0.1) is 0 Å². The first-order valence-electron chi connectivity index (χ1n) is 11.3. The lowest BCUT2D eigenvalue weighted by Crippen LogP contribution is -2.78. The summed E-state index contributed by atoms with van der Waals surface area (Å²) in [4.78, 5) is 29.9. The lowest BCUT2D eigenvalue weighted by Gasteiger charge is -2.70. The van der Waals surface area contributed by atoms with Gasteiger partial charge in [0.15, 0.2) is 5.60 Å². The van der Waals surface area contributed by atoms with E-state index >= 15 is 0 Å². The van der Waals surface area contributed by atoms with Gasteiger partial charge in [-0.2, -0.15) is 10.1 Å². The maximum atomic E-state index is 11.5. The van der Waals surface area contributed by atoms with Crippen molar-refractivity contribution in [2.24, 2.45) is 17.8 Å². The topological polar surface area (TPSA) is 127 Å². The number of benzene rings is 1. The van der Waals surface area contributed by atoms with Crippen molar-refractivity contribution in [3.8, 4) is 11.8 Å². The molecule has 3 atom stereocenters. The highest BCUT2D eigenvalue weighted by Crippen LogP contribution is 2.70. The Balaban J connectivity index is 1.64. The number of ether oxygens (including phenoxy) is 2. The third-order valence-electron chi connectivity index (χ3n) is 7.43. The van der Waals surface area contributed by atoms with Gasteiger partial charge in [-0.3, -0.25) is 9.79 Å². The molecule has 1 heterocycles. The third kappa shape index (κ3) is 2.59. The molecular weight excluding hydrogens is 413 g/mol. The maximum absolute atomic E-state index is 11.5. The fourth-order valence-corrected chi connectivity index (χ4v) is 6.89. The van der Waals surface area contributed by atoms with Crippen molar-refractivity contribution < 1.29 is 42.2 Å². The summed E-state index contributed by atoms with van der Waals surface area (Å²) in [7, 11) is -6.18. The molecule has 4 saturated carbocycles. The van der Waals surface area contributed by atoms with Crippen LogP contribution in [0.4, 0.5) is 0 Å². The lowest BCUT2D eigenvalue weighted by molar-refractivity contribution is -0.647. The molecule has 162 valence electrons. The number of hydrogen-bond acceptors (Lipinski definition) is 7. The highest BCUT2D eigenvalue weighted by molar-refractivity contribution is 7.46. The van der Waals surface area contributed by atoms with Crippen molar-refractivity contribution >= 4 is 7.82 Å². The third-order valence-corrected chi connectivity index (χ3v) is 7.87. The van der Waals surface area contributed by atoms with Gasteiger partial charge in [0.2, 0.25) is 0 Å². The Morgan fingerprint density at radius 3 is 2.50 bits per heavy atom. The van der Waals surface area contributed by atoms with Crippen LogP contribution in [-0.2, 0) is 29.6 Å². The summed E-state index contributed by atoms with van der Waals surface area (Å²) in [6, 6.07) is 5.72. The van der Waals surface area contributed by atoms with Crippen LogP contribution in [0.5, 0.6) is 5.75 Å². The van der Waals surface area contributed by atoms with E-state index in [4.69, 9.17) is 27.9 Å². The molecule has 5 aliphatic rings. The Kier molecular flexibility index (Phi) is 3.71. The van der Waals surface area contributed by atoms with Crippen molar-refractivity contribution in [3.05, 3.63) is 29.3 Å². The molecule has 30 heavy (non-hydrogen) atoms. The number of nitrogens with zero attached hydrogens (tertiary/aromatic N) is 1. The maximum Gasteiger partial charge on any atom is 0.524 e. The monoisotopic (exact) mass is 440 g/mol. The van der Waals surface area contributed by atoms with Gasteiger partial charge in [-0.25, -0.2) is 9.45 Å². The van der Waals surface area contributed by atoms with Gasteiger partial charge in [0.25, 0.3) is 5.79 Å². The van der Waals surface area contributed by atoms with Gasteiger partial charge in [0.05, 0.1) is 15.3 Å². The van der Waals surface area contributed by atoms with Gasteiger partial charge in [-0.1, -0.05) is 6.07 Å². The molecule has 1 spiro atoms. The molecule has 0 radical (unpaired) electrons. The van der Waals surface area contributed by atoms with E-state index < -0.39 is 32.0 Å². The first kappa shape index (κ1) is 17.1. The van der Waals surface area contributed by atoms with Crippen LogP contribution in [-0.4, -0.2) is 35.1 Å². The Labute approximate surface area is 178 Å². The molecule has 1 aromatic rings. The summed E-state index contributed by atoms with van der Waals surface area (Å²) in [5.41, 5.74) is -1.42. The number of phosphoric ester groups is 1.